The number of rotatable bonds is 3. The number of amides is 1. The minimum Gasteiger partial charge on any atom is -0.302 e. The predicted molar refractivity (Wildman–Crippen MR) is 117 cm³/mol. The molecule has 1 aliphatic carbocycles. The number of anilines is 1. The lowest BCUT2D eigenvalue weighted by atomic mass is 9.95. The first-order chi connectivity index (χ1) is 14.6. The largest absolute Gasteiger partial charge is 0.302 e. The monoisotopic (exact) mass is 411 g/mol. The van der Waals surface area contributed by atoms with Crippen molar-refractivity contribution in [3.63, 3.8) is 0 Å². The van der Waals surface area contributed by atoms with Crippen molar-refractivity contribution in [1.29, 1.82) is 5.26 Å². The maximum absolute atomic E-state index is 11.5. The molecule has 30 heavy (non-hydrogen) atoms. The molecule has 0 fully saturated rings. The molecule has 2 aromatic heterocycles. The lowest BCUT2D eigenvalue weighted by Crippen LogP contribution is -2.07. The van der Waals surface area contributed by atoms with Gasteiger partial charge in [-0.05, 0) is 31.0 Å². The Balaban J connectivity index is 1.76. The molecule has 0 radical (unpaired) electrons. The van der Waals surface area contributed by atoms with Gasteiger partial charge >= 0.3 is 0 Å². The molecule has 0 saturated carbocycles. The van der Waals surface area contributed by atoms with E-state index in [2.05, 4.69) is 28.5 Å². The summed E-state index contributed by atoms with van der Waals surface area (Å²) < 4.78 is 1.91. The summed E-state index contributed by atoms with van der Waals surface area (Å²) in [4.78, 5) is 17.2. The molecule has 1 aliphatic rings. The Hall–Kier alpha value is -3.76. The number of carbonyl (C=O) groups excluding carboxylic acids is 1. The highest BCUT2D eigenvalue weighted by atomic mass is 32.1. The third-order valence-electron chi connectivity index (χ3n) is 5.06. The first kappa shape index (κ1) is 18.3. The van der Waals surface area contributed by atoms with Crippen molar-refractivity contribution in [1.82, 2.24) is 14.8 Å². The van der Waals surface area contributed by atoms with Gasteiger partial charge in [0, 0.05) is 18.1 Å². The number of hydrogen-bond donors (Lipinski definition) is 1. The van der Waals surface area contributed by atoms with Crippen LogP contribution in [-0.4, -0.2) is 20.7 Å². The lowest BCUT2D eigenvalue weighted by Gasteiger charge is -2.14. The van der Waals surface area contributed by atoms with Crippen LogP contribution in [0.3, 0.4) is 0 Å². The van der Waals surface area contributed by atoms with Crippen LogP contribution in [0.1, 0.15) is 23.7 Å². The minimum absolute atomic E-state index is 0.137. The van der Waals surface area contributed by atoms with E-state index in [1.807, 2.05) is 41.1 Å². The predicted octanol–water partition coefficient (Wildman–Crippen LogP) is 4.59. The third-order valence-corrected chi connectivity index (χ3v) is 6.08. The molecule has 0 unspecified atom stereocenters. The first-order valence-electron chi connectivity index (χ1n) is 9.59. The Kier molecular flexibility index (Phi) is 4.42. The van der Waals surface area contributed by atoms with Gasteiger partial charge < -0.3 is 5.32 Å². The number of benzene rings is 2. The molecule has 6 nitrogen and oxygen atoms in total. The second kappa shape index (κ2) is 7.25. The molecule has 5 rings (SSSR count). The van der Waals surface area contributed by atoms with E-state index in [-0.39, 0.29) is 5.91 Å². The van der Waals surface area contributed by atoms with E-state index < -0.39 is 0 Å². The van der Waals surface area contributed by atoms with Crippen molar-refractivity contribution in [3.05, 3.63) is 71.4 Å². The number of nitrogens with one attached hydrogen (secondary N) is 1. The minimum atomic E-state index is -0.137. The van der Waals surface area contributed by atoms with E-state index in [0.717, 1.165) is 51.6 Å². The van der Waals surface area contributed by atoms with Crippen molar-refractivity contribution in [2.24, 2.45) is 0 Å². The SMILES string of the molecule is CC(=O)Nc1nc2c(s1)-c1c(c(-c3ccccc3)nn1-c1cccc(C#N)c1)CC2. The molecule has 1 amide bonds. The van der Waals surface area contributed by atoms with Gasteiger partial charge in [0.25, 0.3) is 0 Å². The molecule has 4 aromatic rings. The summed E-state index contributed by atoms with van der Waals surface area (Å²) in [5, 5.41) is 17.7. The Labute approximate surface area is 177 Å². The summed E-state index contributed by atoms with van der Waals surface area (Å²) in [6.07, 6.45) is 1.61. The van der Waals surface area contributed by atoms with E-state index in [9.17, 15) is 10.1 Å². The van der Waals surface area contributed by atoms with Gasteiger partial charge in [-0.25, -0.2) is 9.67 Å². The molecule has 0 atom stereocenters. The van der Waals surface area contributed by atoms with E-state index in [1.54, 1.807) is 6.07 Å². The van der Waals surface area contributed by atoms with E-state index in [0.29, 0.717) is 10.7 Å². The molecule has 0 spiro atoms. The number of fused-ring (bicyclic) bond motifs is 3. The van der Waals surface area contributed by atoms with Crippen LogP contribution in [0.25, 0.3) is 27.5 Å². The standard InChI is InChI=1S/C23H17N5OS/c1-14(29)25-23-26-19-11-10-18-20(16-7-3-2-4-8-16)27-28(21(18)22(19)30-23)17-9-5-6-15(12-17)13-24/h2-9,12H,10-11H2,1H3,(H,25,26,29). The van der Waals surface area contributed by atoms with Gasteiger partial charge in [0.15, 0.2) is 5.13 Å². The Morgan fingerprint density at radius 2 is 2.00 bits per heavy atom. The number of nitriles is 1. The smallest absolute Gasteiger partial charge is 0.223 e. The zero-order valence-electron chi connectivity index (χ0n) is 16.2. The second-order valence-corrected chi connectivity index (χ2v) is 8.09. The van der Waals surface area contributed by atoms with Gasteiger partial charge in [-0.1, -0.05) is 47.7 Å². The van der Waals surface area contributed by atoms with Crippen molar-refractivity contribution in [3.8, 4) is 33.6 Å². The molecule has 1 N–H and O–H groups in total. The molecule has 0 bridgehead atoms. The summed E-state index contributed by atoms with van der Waals surface area (Å²) >= 11 is 1.46. The van der Waals surface area contributed by atoms with Crippen LogP contribution in [-0.2, 0) is 17.6 Å². The number of thiazole rings is 1. The zero-order chi connectivity index (χ0) is 20.7. The fourth-order valence-corrected chi connectivity index (χ4v) is 4.91. The summed E-state index contributed by atoms with van der Waals surface area (Å²) in [5.41, 5.74) is 6.51. The van der Waals surface area contributed by atoms with E-state index >= 15 is 0 Å². The summed E-state index contributed by atoms with van der Waals surface area (Å²) in [5.74, 6) is -0.137. The maximum Gasteiger partial charge on any atom is 0.223 e. The molecule has 2 heterocycles. The van der Waals surface area contributed by atoms with Gasteiger partial charge in [0.1, 0.15) is 0 Å². The fraction of sp³-hybridized carbons (Fsp3) is 0.130. The molecule has 2 aromatic carbocycles. The topological polar surface area (TPSA) is 83.6 Å². The highest BCUT2D eigenvalue weighted by molar-refractivity contribution is 7.19. The van der Waals surface area contributed by atoms with Gasteiger partial charge in [0.05, 0.1) is 39.3 Å². The van der Waals surface area contributed by atoms with Crippen molar-refractivity contribution in [2.75, 3.05) is 5.32 Å². The summed E-state index contributed by atoms with van der Waals surface area (Å²) in [6, 6.07) is 19.8. The lowest BCUT2D eigenvalue weighted by molar-refractivity contribution is -0.114. The summed E-state index contributed by atoms with van der Waals surface area (Å²) in [7, 11) is 0. The first-order valence-corrected chi connectivity index (χ1v) is 10.4. The van der Waals surface area contributed by atoms with Crippen LogP contribution in [0.2, 0.25) is 0 Å². The van der Waals surface area contributed by atoms with Crippen molar-refractivity contribution in [2.45, 2.75) is 19.8 Å². The highest BCUT2D eigenvalue weighted by Crippen LogP contribution is 2.44. The van der Waals surface area contributed by atoms with Gasteiger partial charge in [-0.3, -0.25) is 4.79 Å². The second-order valence-electron chi connectivity index (χ2n) is 7.09. The highest BCUT2D eigenvalue weighted by Gasteiger charge is 2.29. The van der Waals surface area contributed by atoms with Crippen LogP contribution in [0.15, 0.2) is 54.6 Å². The quantitative estimate of drug-likeness (QED) is 0.534. The van der Waals surface area contributed by atoms with Crippen LogP contribution >= 0.6 is 11.3 Å². The molecule has 0 aliphatic heterocycles. The Bertz CT molecular complexity index is 1310. The molecular weight excluding hydrogens is 394 g/mol. The van der Waals surface area contributed by atoms with Crippen molar-refractivity contribution >= 4 is 22.4 Å². The van der Waals surface area contributed by atoms with Gasteiger partial charge in [0.2, 0.25) is 5.91 Å². The number of aromatic nitrogens is 3. The molecular formula is C23H17N5OS. The summed E-state index contributed by atoms with van der Waals surface area (Å²) in [6.45, 7) is 1.48. The zero-order valence-corrected chi connectivity index (χ0v) is 17.0. The molecule has 0 saturated heterocycles. The third kappa shape index (κ3) is 3.08. The van der Waals surface area contributed by atoms with Crippen LogP contribution < -0.4 is 5.32 Å². The number of aryl methyl sites for hydroxylation is 1. The normalized spacial score (nSPS) is 12.0. The average Bonchev–Trinajstić information content (AvgIpc) is 3.34. The van der Waals surface area contributed by atoms with Crippen LogP contribution in [0.5, 0.6) is 0 Å². The number of hydrogen-bond acceptors (Lipinski definition) is 5. The number of carbonyl (C=O) groups is 1. The Morgan fingerprint density at radius 3 is 2.77 bits per heavy atom. The number of nitrogens with zero attached hydrogens (tertiary/aromatic N) is 4. The van der Waals surface area contributed by atoms with Gasteiger partial charge in [-0.15, -0.1) is 0 Å². The average molecular weight is 411 g/mol. The van der Waals surface area contributed by atoms with Crippen LogP contribution in [0.4, 0.5) is 5.13 Å². The van der Waals surface area contributed by atoms with Crippen molar-refractivity contribution < 1.29 is 4.79 Å². The Morgan fingerprint density at radius 1 is 1.17 bits per heavy atom. The maximum atomic E-state index is 11.5. The molecule has 146 valence electrons. The van der Waals surface area contributed by atoms with E-state index in [1.165, 1.54) is 18.3 Å². The van der Waals surface area contributed by atoms with Crippen LogP contribution in [0, 0.1) is 11.3 Å². The van der Waals surface area contributed by atoms with E-state index in [4.69, 9.17) is 5.10 Å². The molecule has 7 heteroatoms. The van der Waals surface area contributed by atoms with Gasteiger partial charge in [-0.2, -0.15) is 10.4 Å². The fourth-order valence-electron chi connectivity index (χ4n) is 3.80.